The molecular formula is C15H14N2O8S2. The average Bonchev–Trinajstić information content (AvgIpc) is 2.51. The first kappa shape index (κ1) is 19.1. The predicted molar refractivity (Wildman–Crippen MR) is 92.7 cm³/mol. The summed E-state index contributed by atoms with van der Waals surface area (Å²) < 4.78 is 59.1. The molecule has 0 fully saturated rings. The number of ketones is 1. The molecule has 0 unspecified atom stereocenters. The summed E-state index contributed by atoms with van der Waals surface area (Å²) in [5.41, 5.74) is 0.720. The lowest BCUT2D eigenvalue weighted by Gasteiger charge is -2.26. The Morgan fingerprint density at radius 3 is 2.19 bits per heavy atom. The van der Waals surface area contributed by atoms with E-state index in [2.05, 4.69) is 8.37 Å². The Morgan fingerprint density at radius 2 is 1.56 bits per heavy atom. The van der Waals surface area contributed by atoms with Crippen LogP contribution < -0.4 is 23.4 Å². The van der Waals surface area contributed by atoms with Crippen molar-refractivity contribution in [3.63, 3.8) is 0 Å². The molecule has 0 bridgehead atoms. The number of fused-ring (bicyclic) bond motifs is 1. The Morgan fingerprint density at radius 1 is 0.926 bits per heavy atom. The molecule has 0 saturated carbocycles. The van der Waals surface area contributed by atoms with Crippen LogP contribution in [0.15, 0.2) is 42.5 Å². The second kappa shape index (κ2) is 6.81. The van der Waals surface area contributed by atoms with Gasteiger partial charge in [-0.2, -0.15) is 27.1 Å². The molecule has 0 aliphatic carbocycles. The highest BCUT2D eigenvalue weighted by Crippen LogP contribution is 2.37. The van der Waals surface area contributed by atoms with Gasteiger partial charge >= 0.3 is 20.6 Å². The number of rotatable bonds is 5. The van der Waals surface area contributed by atoms with Crippen molar-refractivity contribution in [1.82, 2.24) is 0 Å². The van der Waals surface area contributed by atoms with Crippen molar-refractivity contribution in [1.29, 1.82) is 0 Å². The zero-order valence-corrected chi connectivity index (χ0v) is 15.2. The predicted octanol–water partition coefficient (Wildman–Crippen LogP) is 0.558. The Labute approximate surface area is 155 Å². The molecule has 1 aliphatic rings. The molecule has 1 aliphatic heterocycles. The van der Waals surface area contributed by atoms with Gasteiger partial charge in [-0.15, -0.1) is 0 Å². The summed E-state index contributed by atoms with van der Waals surface area (Å²) in [6.07, 6.45) is -0.764. The number of hydrogen-bond donors (Lipinski definition) is 2. The molecule has 0 radical (unpaired) electrons. The highest BCUT2D eigenvalue weighted by molar-refractivity contribution is 7.85. The Balaban J connectivity index is 1.90. The molecular weight excluding hydrogens is 400 g/mol. The second-order valence-corrected chi connectivity index (χ2v) is 7.92. The van der Waals surface area contributed by atoms with Crippen molar-refractivity contribution in [3.8, 4) is 17.2 Å². The van der Waals surface area contributed by atoms with Gasteiger partial charge in [-0.1, -0.05) is 12.1 Å². The van der Waals surface area contributed by atoms with E-state index in [4.69, 9.17) is 15.0 Å². The van der Waals surface area contributed by atoms with Crippen LogP contribution in [0.1, 0.15) is 28.4 Å². The molecule has 0 spiro atoms. The van der Waals surface area contributed by atoms with E-state index in [9.17, 15) is 21.6 Å². The van der Waals surface area contributed by atoms with E-state index in [1.807, 2.05) is 0 Å². The number of nitrogens with two attached hydrogens (primary N) is 2. The monoisotopic (exact) mass is 414 g/mol. The maximum atomic E-state index is 12.4. The van der Waals surface area contributed by atoms with Gasteiger partial charge < -0.3 is 13.1 Å². The Hall–Kier alpha value is -2.67. The number of benzene rings is 2. The normalized spacial score (nSPS) is 17.0. The van der Waals surface area contributed by atoms with Gasteiger partial charge in [0.1, 0.15) is 23.4 Å². The summed E-state index contributed by atoms with van der Waals surface area (Å²) in [5.74, 6) is -0.296. The van der Waals surface area contributed by atoms with Gasteiger partial charge in [0.25, 0.3) is 0 Å². The molecule has 10 nitrogen and oxygen atoms in total. The topological polar surface area (TPSA) is 165 Å². The molecule has 2 aromatic rings. The van der Waals surface area contributed by atoms with Crippen LogP contribution in [0.3, 0.4) is 0 Å². The number of carbonyl (C=O) groups is 1. The molecule has 0 aromatic heterocycles. The van der Waals surface area contributed by atoms with Crippen molar-refractivity contribution >= 4 is 26.4 Å². The maximum absolute atomic E-state index is 12.4. The summed E-state index contributed by atoms with van der Waals surface area (Å²) >= 11 is 0. The third-order valence-electron chi connectivity index (χ3n) is 3.55. The third-order valence-corrected chi connectivity index (χ3v) is 4.40. The first-order valence-electron chi connectivity index (χ1n) is 7.38. The Bertz CT molecular complexity index is 1110. The third kappa shape index (κ3) is 4.95. The SMILES string of the molecule is NS(=O)(=O)Oc1cccc([C@H]2CC(=O)c3ccc(OS(N)(=O)=O)cc3O2)c1. The quantitative estimate of drug-likeness (QED) is 0.716. The van der Waals surface area contributed by atoms with Crippen molar-refractivity contribution in [2.45, 2.75) is 12.5 Å². The summed E-state index contributed by atoms with van der Waals surface area (Å²) in [7, 11) is -8.43. The van der Waals surface area contributed by atoms with Gasteiger partial charge in [0.2, 0.25) is 0 Å². The first-order valence-corrected chi connectivity index (χ1v) is 10.3. The fourth-order valence-electron chi connectivity index (χ4n) is 2.58. The van der Waals surface area contributed by atoms with Crippen molar-refractivity contribution in [3.05, 3.63) is 53.6 Å². The lowest BCUT2D eigenvalue weighted by molar-refractivity contribution is 0.0849. The molecule has 4 N–H and O–H groups in total. The average molecular weight is 414 g/mol. The van der Waals surface area contributed by atoms with Crippen molar-refractivity contribution in [2.24, 2.45) is 10.3 Å². The van der Waals surface area contributed by atoms with E-state index in [0.717, 1.165) is 0 Å². The van der Waals surface area contributed by atoms with Crippen molar-refractivity contribution in [2.75, 3.05) is 0 Å². The van der Waals surface area contributed by atoms with Crippen LogP contribution in [0.5, 0.6) is 17.2 Å². The minimum atomic E-state index is -4.23. The minimum absolute atomic E-state index is 0.0127. The lowest BCUT2D eigenvalue weighted by atomic mass is 9.96. The fourth-order valence-corrected chi connectivity index (χ4v) is 3.32. The molecule has 1 atom stereocenters. The minimum Gasteiger partial charge on any atom is -0.484 e. The van der Waals surface area contributed by atoms with E-state index < -0.39 is 26.7 Å². The summed E-state index contributed by atoms with van der Waals surface area (Å²) in [6.45, 7) is 0. The van der Waals surface area contributed by atoms with E-state index in [0.29, 0.717) is 5.56 Å². The van der Waals surface area contributed by atoms with Gasteiger partial charge in [0, 0.05) is 6.07 Å². The highest BCUT2D eigenvalue weighted by atomic mass is 32.2. The van der Waals surface area contributed by atoms with Crippen LogP contribution in [-0.4, -0.2) is 22.6 Å². The molecule has 1 heterocycles. The fraction of sp³-hybridized carbons (Fsp3) is 0.133. The number of hydrogen-bond acceptors (Lipinski definition) is 8. The standard InChI is InChI=1S/C15H14N2O8S2/c16-26(19,20)24-10-3-1-2-9(6-10)14-8-13(18)12-5-4-11(7-15(12)23-14)25-27(17,21)22/h1-7,14H,8H2,(H2,16,19,20)(H2,17,21,22)/t14-/m1/s1. The molecule has 27 heavy (non-hydrogen) atoms. The molecule has 12 heteroatoms. The van der Waals surface area contributed by atoms with E-state index in [1.165, 1.54) is 36.4 Å². The lowest BCUT2D eigenvalue weighted by Crippen LogP contribution is -2.22. The Kier molecular flexibility index (Phi) is 4.82. The van der Waals surface area contributed by atoms with Crippen LogP contribution in [-0.2, 0) is 20.6 Å². The van der Waals surface area contributed by atoms with Crippen molar-refractivity contribution < 1.29 is 34.7 Å². The van der Waals surface area contributed by atoms with Crippen LogP contribution in [0.4, 0.5) is 0 Å². The van der Waals surface area contributed by atoms with Gasteiger partial charge in [-0.05, 0) is 29.8 Å². The molecule has 144 valence electrons. The molecule has 0 saturated heterocycles. The highest BCUT2D eigenvalue weighted by Gasteiger charge is 2.28. The zero-order chi connectivity index (χ0) is 19.8. The first-order chi connectivity index (χ1) is 12.5. The summed E-state index contributed by atoms with van der Waals surface area (Å²) in [5, 5.41) is 9.67. The van der Waals surface area contributed by atoms with Crippen LogP contribution in [0, 0.1) is 0 Å². The zero-order valence-electron chi connectivity index (χ0n) is 13.6. The van der Waals surface area contributed by atoms with Crippen LogP contribution >= 0.6 is 0 Å². The summed E-state index contributed by atoms with van der Waals surface area (Å²) in [6, 6.07) is 9.76. The van der Waals surface area contributed by atoms with Gasteiger partial charge in [-0.25, -0.2) is 0 Å². The van der Waals surface area contributed by atoms with E-state index in [-0.39, 0.29) is 35.0 Å². The van der Waals surface area contributed by atoms with Gasteiger partial charge in [0.05, 0.1) is 12.0 Å². The largest absolute Gasteiger partial charge is 0.484 e. The maximum Gasteiger partial charge on any atom is 0.380 e. The molecule has 0 amide bonds. The van der Waals surface area contributed by atoms with E-state index >= 15 is 0 Å². The smallest absolute Gasteiger partial charge is 0.380 e. The van der Waals surface area contributed by atoms with Crippen LogP contribution in [0.2, 0.25) is 0 Å². The molecule has 2 aromatic carbocycles. The summed E-state index contributed by atoms with van der Waals surface area (Å²) in [4.78, 5) is 12.4. The number of Topliss-reactive ketones (excluding diaryl/α,β-unsaturated/α-hetero) is 1. The number of carbonyl (C=O) groups excluding carboxylic acids is 1. The van der Waals surface area contributed by atoms with Gasteiger partial charge in [-0.3, -0.25) is 4.79 Å². The van der Waals surface area contributed by atoms with E-state index in [1.54, 1.807) is 6.07 Å². The number of ether oxygens (including phenoxy) is 1. The molecule has 3 rings (SSSR count). The second-order valence-electron chi connectivity index (χ2n) is 5.62. The van der Waals surface area contributed by atoms with Crippen LogP contribution in [0.25, 0.3) is 0 Å². The van der Waals surface area contributed by atoms with Gasteiger partial charge in [0.15, 0.2) is 5.78 Å².